The number of carboxylic acids is 1. The molecule has 1 aromatic rings. The van der Waals surface area contributed by atoms with Gasteiger partial charge in [0.2, 0.25) is 0 Å². The molecule has 0 unspecified atom stereocenters. The van der Waals surface area contributed by atoms with E-state index in [0.29, 0.717) is 18.4 Å². The number of halogens is 3. The zero-order chi connectivity index (χ0) is 14.0. The Morgan fingerprint density at radius 3 is 2.21 bits per heavy atom. The van der Waals surface area contributed by atoms with E-state index in [9.17, 15) is 18.0 Å². The van der Waals surface area contributed by atoms with Gasteiger partial charge in [0.25, 0.3) is 0 Å². The fraction of sp³-hybridized carbons (Fsp3) is 0.500. The van der Waals surface area contributed by atoms with Gasteiger partial charge in [-0.15, -0.1) is 0 Å². The number of benzene rings is 1. The van der Waals surface area contributed by atoms with Gasteiger partial charge in [0, 0.05) is 0 Å². The maximum absolute atomic E-state index is 12.6. The Kier molecular flexibility index (Phi) is 3.83. The van der Waals surface area contributed by atoms with Crippen LogP contribution in [-0.2, 0) is 0 Å². The molecule has 0 aromatic heterocycles. The van der Waals surface area contributed by atoms with E-state index in [0.717, 1.165) is 0 Å². The molecule has 2 rings (SSSR count). The molecule has 0 heterocycles. The largest absolute Gasteiger partial charge is 0.478 e. The molecule has 1 aromatic carbocycles. The monoisotopic (exact) mass is 272 g/mol. The summed E-state index contributed by atoms with van der Waals surface area (Å²) >= 11 is 0. The highest BCUT2D eigenvalue weighted by atomic mass is 19.4. The van der Waals surface area contributed by atoms with Gasteiger partial charge in [-0.2, -0.15) is 13.2 Å². The number of alkyl halides is 3. The summed E-state index contributed by atoms with van der Waals surface area (Å²) in [5.41, 5.74) is 0.869. The van der Waals surface area contributed by atoms with Gasteiger partial charge in [-0.05, 0) is 43.2 Å². The fourth-order valence-electron chi connectivity index (χ4n) is 2.78. The fourth-order valence-corrected chi connectivity index (χ4v) is 2.78. The number of aromatic carboxylic acids is 1. The lowest BCUT2D eigenvalue weighted by atomic mass is 9.77. The molecule has 0 saturated heterocycles. The first-order valence-corrected chi connectivity index (χ1v) is 6.28. The maximum atomic E-state index is 12.6. The van der Waals surface area contributed by atoms with Crippen LogP contribution in [0.15, 0.2) is 24.3 Å². The quantitative estimate of drug-likeness (QED) is 0.875. The summed E-state index contributed by atoms with van der Waals surface area (Å²) in [6.45, 7) is 0. The van der Waals surface area contributed by atoms with Crippen LogP contribution in [-0.4, -0.2) is 17.3 Å². The Labute approximate surface area is 109 Å². The topological polar surface area (TPSA) is 37.3 Å². The Hall–Kier alpha value is -1.52. The van der Waals surface area contributed by atoms with Crippen molar-refractivity contribution >= 4 is 5.97 Å². The summed E-state index contributed by atoms with van der Waals surface area (Å²) in [6.07, 6.45) is -3.16. The number of carbonyl (C=O) groups is 1. The van der Waals surface area contributed by atoms with E-state index in [1.165, 1.54) is 6.07 Å². The summed E-state index contributed by atoms with van der Waals surface area (Å²) in [7, 11) is 0. The van der Waals surface area contributed by atoms with Crippen LogP contribution < -0.4 is 0 Å². The standard InChI is InChI=1S/C14H15F3O2/c15-14(16,17)10-7-5-9(6-8-10)11-3-1-2-4-12(11)13(18)19/h1-4,9-10H,5-8H2,(H,18,19). The lowest BCUT2D eigenvalue weighted by Crippen LogP contribution is -2.27. The van der Waals surface area contributed by atoms with Gasteiger partial charge in [0.05, 0.1) is 11.5 Å². The van der Waals surface area contributed by atoms with Crippen molar-refractivity contribution in [2.24, 2.45) is 5.92 Å². The van der Waals surface area contributed by atoms with Crippen molar-refractivity contribution in [3.05, 3.63) is 35.4 Å². The Morgan fingerprint density at radius 2 is 1.68 bits per heavy atom. The molecule has 0 aliphatic heterocycles. The number of rotatable bonds is 2. The van der Waals surface area contributed by atoms with Crippen molar-refractivity contribution in [3.8, 4) is 0 Å². The SMILES string of the molecule is O=C(O)c1ccccc1C1CCC(C(F)(F)F)CC1. The first-order chi connectivity index (χ1) is 8.89. The van der Waals surface area contributed by atoms with Gasteiger partial charge in [-0.25, -0.2) is 4.79 Å². The highest BCUT2D eigenvalue weighted by molar-refractivity contribution is 5.89. The average molecular weight is 272 g/mol. The molecule has 1 N–H and O–H groups in total. The lowest BCUT2D eigenvalue weighted by Gasteiger charge is -2.30. The molecule has 0 amide bonds. The van der Waals surface area contributed by atoms with Crippen LogP contribution in [0.2, 0.25) is 0 Å². The van der Waals surface area contributed by atoms with Crippen LogP contribution in [0.5, 0.6) is 0 Å². The normalized spacial score (nSPS) is 24.2. The Bertz CT molecular complexity index is 460. The van der Waals surface area contributed by atoms with Crippen molar-refractivity contribution in [2.75, 3.05) is 0 Å². The van der Waals surface area contributed by atoms with E-state index in [4.69, 9.17) is 5.11 Å². The smallest absolute Gasteiger partial charge is 0.391 e. The molecule has 104 valence electrons. The second-order valence-corrected chi connectivity index (χ2v) is 4.98. The third-order valence-corrected chi connectivity index (χ3v) is 3.82. The highest BCUT2D eigenvalue weighted by Gasteiger charge is 2.41. The molecule has 1 fully saturated rings. The van der Waals surface area contributed by atoms with Crippen LogP contribution in [0, 0.1) is 5.92 Å². The minimum Gasteiger partial charge on any atom is -0.478 e. The summed E-state index contributed by atoms with van der Waals surface area (Å²) in [5, 5.41) is 9.10. The van der Waals surface area contributed by atoms with E-state index in [-0.39, 0.29) is 24.3 Å². The van der Waals surface area contributed by atoms with Crippen molar-refractivity contribution in [1.82, 2.24) is 0 Å². The molecule has 1 saturated carbocycles. The van der Waals surface area contributed by atoms with Gasteiger partial charge in [-0.1, -0.05) is 18.2 Å². The van der Waals surface area contributed by atoms with Crippen LogP contribution >= 0.6 is 0 Å². The second-order valence-electron chi connectivity index (χ2n) is 4.98. The predicted molar refractivity (Wildman–Crippen MR) is 64.2 cm³/mol. The molecule has 5 heteroatoms. The first kappa shape index (κ1) is 13.9. The van der Waals surface area contributed by atoms with Crippen molar-refractivity contribution in [1.29, 1.82) is 0 Å². The molecule has 0 bridgehead atoms. The molecule has 19 heavy (non-hydrogen) atoms. The molecular weight excluding hydrogens is 257 g/mol. The number of hydrogen-bond donors (Lipinski definition) is 1. The zero-order valence-corrected chi connectivity index (χ0v) is 10.3. The summed E-state index contributed by atoms with van der Waals surface area (Å²) in [4.78, 5) is 11.1. The van der Waals surface area contributed by atoms with Gasteiger partial charge >= 0.3 is 12.1 Å². The van der Waals surface area contributed by atoms with Crippen molar-refractivity contribution in [3.63, 3.8) is 0 Å². The van der Waals surface area contributed by atoms with Crippen LogP contribution in [0.3, 0.4) is 0 Å². The van der Waals surface area contributed by atoms with Crippen LogP contribution in [0.1, 0.15) is 47.5 Å². The first-order valence-electron chi connectivity index (χ1n) is 6.28. The highest BCUT2D eigenvalue weighted by Crippen LogP contribution is 2.43. The summed E-state index contributed by atoms with van der Waals surface area (Å²) in [6, 6.07) is 6.58. The Balaban J connectivity index is 2.12. The molecule has 0 spiro atoms. The van der Waals surface area contributed by atoms with Gasteiger partial charge < -0.3 is 5.11 Å². The molecule has 0 radical (unpaired) electrons. The average Bonchev–Trinajstić information content (AvgIpc) is 2.38. The molecule has 2 nitrogen and oxygen atoms in total. The van der Waals surface area contributed by atoms with Crippen LogP contribution in [0.25, 0.3) is 0 Å². The van der Waals surface area contributed by atoms with Gasteiger partial charge in [0.15, 0.2) is 0 Å². The number of carboxylic acid groups (broad SMARTS) is 1. The maximum Gasteiger partial charge on any atom is 0.391 e. The molecule has 1 aliphatic rings. The minimum atomic E-state index is -4.13. The molecular formula is C14H15F3O2. The van der Waals surface area contributed by atoms with Gasteiger partial charge in [-0.3, -0.25) is 0 Å². The van der Waals surface area contributed by atoms with E-state index in [1.807, 2.05) is 0 Å². The van der Waals surface area contributed by atoms with E-state index < -0.39 is 18.1 Å². The lowest BCUT2D eigenvalue weighted by molar-refractivity contribution is -0.182. The molecule has 1 aliphatic carbocycles. The minimum absolute atomic E-state index is 0.0779. The predicted octanol–water partition coefficient (Wildman–Crippen LogP) is 4.22. The second kappa shape index (κ2) is 5.23. The van der Waals surface area contributed by atoms with E-state index in [2.05, 4.69) is 0 Å². The third-order valence-electron chi connectivity index (χ3n) is 3.82. The van der Waals surface area contributed by atoms with Crippen molar-refractivity contribution < 1.29 is 23.1 Å². The third kappa shape index (κ3) is 3.08. The van der Waals surface area contributed by atoms with Gasteiger partial charge in [0.1, 0.15) is 0 Å². The zero-order valence-electron chi connectivity index (χ0n) is 10.3. The summed E-state index contributed by atoms with van der Waals surface area (Å²) < 4.78 is 37.8. The van der Waals surface area contributed by atoms with E-state index in [1.54, 1.807) is 18.2 Å². The summed E-state index contributed by atoms with van der Waals surface area (Å²) in [5.74, 6) is -2.33. The Morgan fingerprint density at radius 1 is 1.11 bits per heavy atom. The number of hydrogen-bond acceptors (Lipinski definition) is 1. The van der Waals surface area contributed by atoms with Crippen LogP contribution in [0.4, 0.5) is 13.2 Å². The molecule has 0 atom stereocenters. The van der Waals surface area contributed by atoms with Crippen molar-refractivity contribution in [2.45, 2.75) is 37.8 Å². The van der Waals surface area contributed by atoms with E-state index >= 15 is 0 Å².